The quantitative estimate of drug-likeness (QED) is 0.826. The average molecular weight is 356 g/mol. The Morgan fingerprint density at radius 2 is 2.12 bits per heavy atom. The summed E-state index contributed by atoms with van der Waals surface area (Å²) in [6.07, 6.45) is 0.895. The number of rotatable bonds is 7. The van der Waals surface area contributed by atoms with Gasteiger partial charge in [0, 0.05) is 38.0 Å². The summed E-state index contributed by atoms with van der Waals surface area (Å²) in [5.41, 5.74) is 0.942. The van der Waals surface area contributed by atoms with E-state index in [0.29, 0.717) is 26.1 Å². The highest BCUT2D eigenvalue weighted by Crippen LogP contribution is 2.24. The Morgan fingerprint density at radius 1 is 1.31 bits per heavy atom. The van der Waals surface area contributed by atoms with Gasteiger partial charge in [0.1, 0.15) is 17.3 Å². The minimum atomic E-state index is -0.310. The van der Waals surface area contributed by atoms with Crippen LogP contribution in [-0.2, 0) is 22.6 Å². The molecule has 26 heavy (non-hydrogen) atoms. The maximum absolute atomic E-state index is 12.4. The van der Waals surface area contributed by atoms with Gasteiger partial charge < -0.3 is 19.4 Å². The van der Waals surface area contributed by atoms with Crippen molar-refractivity contribution in [3.05, 3.63) is 53.5 Å². The first kappa shape index (κ1) is 18.0. The van der Waals surface area contributed by atoms with Crippen molar-refractivity contribution in [2.45, 2.75) is 26.3 Å². The van der Waals surface area contributed by atoms with Crippen molar-refractivity contribution >= 4 is 11.8 Å². The molecule has 1 aromatic carbocycles. The Morgan fingerprint density at radius 3 is 2.85 bits per heavy atom. The van der Waals surface area contributed by atoms with Crippen LogP contribution < -0.4 is 10.1 Å². The van der Waals surface area contributed by atoms with Gasteiger partial charge in [-0.05, 0) is 25.1 Å². The number of aryl methyl sites for hydroxylation is 1. The molecular weight excluding hydrogens is 332 g/mol. The third-order valence-corrected chi connectivity index (χ3v) is 4.61. The van der Waals surface area contributed by atoms with Crippen molar-refractivity contribution < 1.29 is 18.7 Å². The van der Waals surface area contributed by atoms with Gasteiger partial charge in [0.15, 0.2) is 0 Å². The monoisotopic (exact) mass is 356 g/mol. The molecule has 1 fully saturated rings. The lowest BCUT2D eigenvalue weighted by Gasteiger charge is -2.18. The van der Waals surface area contributed by atoms with Crippen LogP contribution in [0.25, 0.3) is 0 Å². The van der Waals surface area contributed by atoms with Gasteiger partial charge in [0.2, 0.25) is 11.8 Å². The number of methoxy groups -OCH3 is 1. The van der Waals surface area contributed by atoms with Crippen LogP contribution in [0.1, 0.15) is 23.5 Å². The molecule has 2 aromatic rings. The molecular formula is C20H24N2O4. The molecule has 1 N–H and O–H groups in total. The third kappa shape index (κ3) is 4.25. The molecule has 0 radical (unpaired) electrons. The highest BCUT2D eigenvalue weighted by molar-refractivity contribution is 5.89. The molecule has 6 nitrogen and oxygen atoms in total. The number of likely N-dealkylation sites (tertiary alicyclic amines) is 1. The van der Waals surface area contributed by atoms with Gasteiger partial charge in [0.05, 0.1) is 13.0 Å². The Balaban J connectivity index is 1.51. The molecule has 0 unspecified atom stereocenters. The number of hydrogen-bond acceptors (Lipinski definition) is 4. The van der Waals surface area contributed by atoms with Crippen molar-refractivity contribution in [1.29, 1.82) is 0 Å². The standard InChI is InChI=1S/C20H24N2O4/c1-14-7-8-17(26-14)9-10-21-20(24)16-11-19(23)22(13-16)12-15-5-3-4-6-18(15)25-2/h3-8,16H,9-13H2,1-2H3,(H,21,24)/t16-/m1/s1. The molecule has 0 bridgehead atoms. The summed E-state index contributed by atoms with van der Waals surface area (Å²) in [6, 6.07) is 11.4. The van der Waals surface area contributed by atoms with E-state index in [4.69, 9.17) is 9.15 Å². The maximum atomic E-state index is 12.4. The summed E-state index contributed by atoms with van der Waals surface area (Å²) in [6.45, 7) is 3.28. The Kier molecular flexibility index (Phi) is 5.61. The summed E-state index contributed by atoms with van der Waals surface area (Å²) in [5.74, 6) is 2.07. The molecule has 2 heterocycles. The van der Waals surface area contributed by atoms with Gasteiger partial charge in [-0.2, -0.15) is 0 Å². The molecule has 1 aliphatic heterocycles. The van der Waals surface area contributed by atoms with E-state index >= 15 is 0 Å². The van der Waals surface area contributed by atoms with E-state index in [9.17, 15) is 9.59 Å². The second-order valence-electron chi connectivity index (χ2n) is 6.54. The molecule has 1 aromatic heterocycles. The van der Waals surface area contributed by atoms with Gasteiger partial charge in [-0.1, -0.05) is 18.2 Å². The third-order valence-electron chi connectivity index (χ3n) is 4.61. The molecule has 1 atom stereocenters. The minimum absolute atomic E-state index is 0.00212. The number of amides is 2. The van der Waals surface area contributed by atoms with E-state index in [1.807, 2.05) is 43.3 Å². The van der Waals surface area contributed by atoms with Crippen LogP contribution in [0.2, 0.25) is 0 Å². The number of para-hydroxylation sites is 1. The zero-order chi connectivity index (χ0) is 18.5. The second kappa shape index (κ2) is 8.08. The number of nitrogens with one attached hydrogen (secondary N) is 1. The Hall–Kier alpha value is -2.76. The number of furan rings is 1. The average Bonchev–Trinajstić information content (AvgIpc) is 3.21. The fourth-order valence-corrected chi connectivity index (χ4v) is 3.21. The summed E-state index contributed by atoms with van der Waals surface area (Å²) >= 11 is 0. The zero-order valence-corrected chi connectivity index (χ0v) is 15.2. The van der Waals surface area contributed by atoms with Crippen LogP contribution in [-0.4, -0.2) is 36.9 Å². The number of nitrogens with zero attached hydrogens (tertiary/aromatic N) is 1. The predicted molar refractivity (Wildman–Crippen MR) is 96.7 cm³/mol. The van der Waals surface area contributed by atoms with Crippen LogP contribution >= 0.6 is 0 Å². The molecule has 0 aliphatic carbocycles. The van der Waals surface area contributed by atoms with Crippen molar-refractivity contribution in [3.63, 3.8) is 0 Å². The molecule has 138 valence electrons. The molecule has 3 rings (SSSR count). The van der Waals surface area contributed by atoms with Crippen LogP contribution in [0.5, 0.6) is 5.75 Å². The molecule has 1 saturated heterocycles. The number of carbonyl (C=O) groups is 2. The zero-order valence-electron chi connectivity index (χ0n) is 15.2. The van der Waals surface area contributed by atoms with Gasteiger partial charge in [-0.25, -0.2) is 0 Å². The molecule has 2 amide bonds. The number of hydrogen-bond donors (Lipinski definition) is 1. The van der Waals surface area contributed by atoms with Gasteiger partial charge in [-0.3, -0.25) is 9.59 Å². The fraction of sp³-hybridized carbons (Fsp3) is 0.400. The molecule has 0 saturated carbocycles. The van der Waals surface area contributed by atoms with E-state index < -0.39 is 0 Å². The number of ether oxygens (including phenoxy) is 1. The van der Waals surface area contributed by atoms with Crippen LogP contribution in [0.15, 0.2) is 40.8 Å². The van der Waals surface area contributed by atoms with E-state index in [1.54, 1.807) is 12.0 Å². The lowest BCUT2D eigenvalue weighted by molar-refractivity contribution is -0.129. The fourth-order valence-electron chi connectivity index (χ4n) is 3.21. The van der Waals surface area contributed by atoms with E-state index in [-0.39, 0.29) is 24.2 Å². The first-order valence-corrected chi connectivity index (χ1v) is 8.79. The van der Waals surface area contributed by atoms with Gasteiger partial charge >= 0.3 is 0 Å². The van der Waals surface area contributed by atoms with Crippen LogP contribution in [0, 0.1) is 12.8 Å². The molecule has 6 heteroatoms. The largest absolute Gasteiger partial charge is 0.496 e. The summed E-state index contributed by atoms with van der Waals surface area (Å²) in [5, 5.41) is 2.91. The van der Waals surface area contributed by atoms with Crippen molar-refractivity contribution in [1.82, 2.24) is 10.2 Å². The number of benzene rings is 1. The van der Waals surface area contributed by atoms with Gasteiger partial charge in [-0.15, -0.1) is 0 Å². The van der Waals surface area contributed by atoms with Crippen molar-refractivity contribution in [3.8, 4) is 5.75 Å². The number of carbonyl (C=O) groups excluding carboxylic acids is 2. The summed E-state index contributed by atoms with van der Waals surface area (Å²) in [4.78, 5) is 26.4. The van der Waals surface area contributed by atoms with E-state index in [2.05, 4.69) is 5.32 Å². The lowest BCUT2D eigenvalue weighted by atomic mass is 10.1. The van der Waals surface area contributed by atoms with Crippen molar-refractivity contribution in [2.75, 3.05) is 20.2 Å². The van der Waals surface area contributed by atoms with Crippen LogP contribution in [0.4, 0.5) is 0 Å². The first-order chi connectivity index (χ1) is 12.6. The lowest BCUT2D eigenvalue weighted by Crippen LogP contribution is -2.34. The van der Waals surface area contributed by atoms with Crippen LogP contribution in [0.3, 0.4) is 0 Å². The van der Waals surface area contributed by atoms with E-state index in [1.165, 1.54) is 0 Å². The highest BCUT2D eigenvalue weighted by Gasteiger charge is 2.34. The Labute approximate surface area is 153 Å². The summed E-state index contributed by atoms with van der Waals surface area (Å²) in [7, 11) is 1.61. The SMILES string of the molecule is COc1ccccc1CN1C[C@H](C(=O)NCCc2ccc(C)o2)CC1=O. The van der Waals surface area contributed by atoms with Gasteiger partial charge in [0.25, 0.3) is 0 Å². The first-order valence-electron chi connectivity index (χ1n) is 8.79. The normalized spacial score (nSPS) is 16.8. The minimum Gasteiger partial charge on any atom is -0.496 e. The smallest absolute Gasteiger partial charge is 0.225 e. The second-order valence-corrected chi connectivity index (χ2v) is 6.54. The highest BCUT2D eigenvalue weighted by atomic mass is 16.5. The summed E-state index contributed by atoms with van der Waals surface area (Å²) < 4.78 is 10.8. The molecule has 0 spiro atoms. The maximum Gasteiger partial charge on any atom is 0.225 e. The topological polar surface area (TPSA) is 71.8 Å². The predicted octanol–water partition coefficient (Wildman–Crippen LogP) is 2.30. The molecule has 1 aliphatic rings. The van der Waals surface area contributed by atoms with Crippen molar-refractivity contribution in [2.24, 2.45) is 5.92 Å². The Bertz CT molecular complexity index is 784. The van der Waals surface area contributed by atoms with E-state index in [0.717, 1.165) is 22.8 Å².